The van der Waals surface area contributed by atoms with E-state index in [1.165, 1.54) is 0 Å². The van der Waals surface area contributed by atoms with Crippen molar-refractivity contribution in [3.05, 3.63) is 60.3 Å². The predicted molar refractivity (Wildman–Crippen MR) is 117 cm³/mol. The smallest absolute Gasteiger partial charge is 0.312 e. The van der Waals surface area contributed by atoms with Gasteiger partial charge >= 0.3 is 11.8 Å². The fourth-order valence-electron chi connectivity index (χ4n) is 3.91. The standard InChI is InChI=1S/C23H26N4O3/c1-30-21-9-5-4-8-20(21)26-12-14-27(15-13-26)23(29)22(28)24-11-10-17-16-25-19-7-3-2-6-18(17)19/h2-9,16,25H,10-15H2,1H3,(H,24,28). The lowest BCUT2D eigenvalue weighted by molar-refractivity contribution is -0.146. The number of ether oxygens (including phenoxy) is 1. The Hall–Kier alpha value is -3.48. The number of benzene rings is 2. The number of amides is 2. The molecule has 0 spiro atoms. The minimum Gasteiger partial charge on any atom is -0.495 e. The maximum Gasteiger partial charge on any atom is 0.312 e. The van der Waals surface area contributed by atoms with Crippen LogP contribution in [0.15, 0.2) is 54.7 Å². The van der Waals surface area contributed by atoms with E-state index in [1.54, 1.807) is 12.0 Å². The molecule has 1 saturated heterocycles. The minimum atomic E-state index is -0.541. The third-order valence-corrected chi connectivity index (χ3v) is 5.54. The van der Waals surface area contributed by atoms with E-state index < -0.39 is 11.8 Å². The Balaban J connectivity index is 1.27. The second-order valence-corrected chi connectivity index (χ2v) is 7.32. The van der Waals surface area contributed by atoms with Crippen LogP contribution in [0.1, 0.15) is 5.56 Å². The Labute approximate surface area is 175 Å². The van der Waals surface area contributed by atoms with Gasteiger partial charge in [0.2, 0.25) is 0 Å². The summed E-state index contributed by atoms with van der Waals surface area (Å²) in [6, 6.07) is 15.9. The first-order valence-corrected chi connectivity index (χ1v) is 10.2. The van der Waals surface area contributed by atoms with Gasteiger partial charge in [-0.25, -0.2) is 0 Å². The lowest BCUT2D eigenvalue weighted by Gasteiger charge is -2.36. The van der Waals surface area contributed by atoms with Crippen molar-refractivity contribution in [2.24, 2.45) is 0 Å². The quantitative estimate of drug-likeness (QED) is 0.637. The molecule has 2 amide bonds. The van der Waals surface area contributed by atoms with Crippen molar-refractivity contribution in [3.63, 3.8) is 0 Å². The van der Waals surface area contributed by atoms with Crippen LogP contribution < -0.4 is 15.0 Å². The van der Waals surface area contributed by atoms with Crippen LogP contribution in [0.5, 0.6) is 5.75 Å². The summed E-state index contributed by atoms with van der Waals surface area (Å²) in [7, 11) is 1.65. The monoisotopic (exact) mass is 406 g/mol. The molecule has 0 atom stereocenters. The molecule has 1 aromatic heterocycles. The van der Waals surface area contributed by atoms with Gasteiger partial charge in [-0.3, -0.25) is 9.59 Å². The Morgan fingerprint density at radius 1 is 1.03 bits per heavy atom. The number of carbonyl (C=O) groups is 2. The van der Waals surface area contributed by atoms with Gasteiger partial charge in [0.25, 0.3) is 0 Å². The average Bonchev–Trinajstić information content (AvgIpc) is 3.21. The average molecular weight is 406 g/mol. The van der Waals surface area contributed by atoms with Crippen LogP contribution in [0.4, 0.5) is 5.69 Å². The number of para-hydroxylation sites is 3. The summed E-state index contributed by atoms with van der Waals surface area (Å²) in [4.78, 5) is 31.9. The summed E-state index contributed by atoms with van der Waals surface area (Å²) in [6.45, 7) is 2.76. The minimum absolute atomic E-state index is 0.424. The molecule has 0 bridgehead atoms. The molecule has 2 heterocycles. The molecule has 156 valence electrons. The molecule has 0 aliphatic carbocycles. The summed E-state index contributed by atoms with van der Waals surface area (Å²) in [6.07, 6.45) is 2.63. The number of nitrogens with one attached hydrogen (secondary N) is 2. The SMILES string of the molecule is COc1ccccc1N1CCN(C(=O)C(=O)NCCc2c[nH]c3ccccc23)CC1. The number of nitrogens with zero attached hydrogens (tertiary/aromatic N) is 2. The highest BCUT2D eigenvalue weighted by molar-refractivity contribution is 6.35. The zero-order valence-corrected chi connectivity index (χ0v) is 17.1. The number of H-pyrrole nitrogens is 1. The first-order chi connectivity index (χ1) is 14.7. The molecule has 1 aliphatic rings. The molecule has 4 rings (SSSR count). The van der Waals surface area contributed by atoms with E-state index in [2.05, 4.69) is 21.3 Å². The third-order valence-electron chi connectivity index (χ3n) is 5.54. The number of hydrogen-bond donors (Lipinski definition) is 2. The molecule has 0 radical (unpaired) electrons. The summed E-state index contributed by atoms with van der Waals surface area (Å²) in [5, 5.41) is 3.91. The van der Waals surface area contributed by atoms with E-state index in [-0.39, 0.29) is 0 Å². The Morgan fingerprint density at radius 3 is 2.57 bits per heavy atom. The number of methoxy groups -OCH3 is 1. The maximum absolute atomic E-state index is 12.5. The Kier molecular flexibility index (Phi) is 5.88. The largest absolute Gasteiger partial charge is 0.495 e. The van der Waals surface area contributed by atoms with E-state index in [0.29, 0.717) is 39.1 Å². The number of rotatable bonds is 5. The summed E-state index contributed by atoms with van der Waals surface area (Å²) >= 11 is 0. The molecule has 7 nitrogen and oxygen atoms in total. The second-order valence-electron chi connectivity index (χ2n) is 7.32. The van der Waals surface area contributed by atoms with E-state index in [9.17, 15) is 9.59 Å². The van der Waals surface area contributed by atoms with Crippen molar-refractivity contribution in [1.29, 1.82) is 0 Å². The second kappa shape index (κ2) is 8.90. The Bertz CT molecular complexity index is 1040. The van der Waals surface area contributed by atoms with Crippen molar-refractivity contribution in [3.8, 4) is 5.75 Å². The van der Waals surface area contributed by atoms with Crippen LogP contribution in [-0.4, -0.2) is 61.5 Å². The fraction of sp³-hybridized carbons (Fsp3) is 0.304. The lowest BCUT2D eigenvalue weighted by atomic mass is 10.1. The summed E-state index contributed by atoms with van der Waals surface area (Å²) in [5.41, 5.74) is 3.21. The number of hydrogen-bond acceptors (Lipinski definition) is 4. The van der Waals surface area contributed by atoms with Crippen molar-refractivity contribution < 1.29 is 14.3 Å². The van der Waals surface area contributed by atoms with E-state index in [1.807, 2.05) is 48.7 Å². The first kappa shape index (κ1) is 19.8. The number of fused-ring (bicyclic) bond motifs is 1. The predicted octanol–water partition coefficient (Wildman–Crippen LogP) is 2.18. The van der Waals surface area contributed by atoms with Gasteiger partial charge in [0.15, 0.2) is 0 Å². The number of carbonyl (C=O) groups excluding carboxylic acids is 2. The molecule has 1 aliphatic heterocycles. The zero-order valence-electron chi connectivity index (χ0n) is 17.1. The normalized spacial score (nSPS) is 14.0. The van der Waals surface area contributed by atoms with Crippen LogP contribution in [0.25, 0.3) is 10.9 Å². The molecule has 0 unspecified atom stereocenters. The van der Waals surface area contributed by atoms with E-state index >= 15 is 0 Å². The molecular formula is C23H26N4O3. The number of piperazine rings is 1. The zero-order chi connectivity index (χ0) is 20.9. The van der Waals surface area contributed by atoms with Gasteiger partial charge in [-0.05, 0) is 30.2 Å². The van der Waals surface area contributed by atoms with Crippen LogP contribution in [0, 0.1) is 0 Å². The van der Waals surface area contributed by atoms with Crippen LogP contribution in [0.2, 0.25) is 0 Å². The molecule has 2 N–H and O–H groups in total. The van der Waals surface area contributed by atoms with Crippen molar-refractivity contribution >= 4 is 28.4 Å². The van der Waals surface area contributed by atoms with Gasteiger partial charge in [-0.2, -0.15) is 0 Å². The highest BCUT2D eigenvalue weighted by Gasteiger charge is 2.26. The van der Waals surface area contributed by atoms with Crippen LogP contribution in [-0.2, 0) is 16.0 Å². The first-order valence-electron chi connectivity index (χ1n) is 10.2. The van der Waals surface area contributed by atoms with E-state index in [4.69, 9.17) is 4.74 Å². The topological polar surface area (TPSA) is 77.7 Å². The summed E-state index contributed by atoms with van der Waals surface area (Å²) in [5.74, 6) is -0.193. The van der Waals surface area contributed by atoms with Gasteiger partial charge in [0.1, 0.15) is 5.75 Å². The molecule has 3 aromatic rings. The van der Waals surface area contributed by atoms with Crippen molar-refractivity contribution in [2.45, 2.75) is 6.42 Å². The summed E-state index contributed by atoms with van der Waals surface area (Å²) < 4.78 is 5.42. The molecule has 0 saturated carbocycles. The molecule has 30 heavy (non-hydrogen) atoms. The van der Waals surface area contributed by atoms with Crippen LogP contribution >= 0.6 is 0 Å². The fourth-order valence-corrected chi connectivity index (χ4v) is 3.91. The third kappa shape index (κ3) is 4.10. The molecule has 2 aromatic carbocycles. The maximum atomic E-state index is 12.5. The van der Waals surface area contributed by atoms with Crippen molar-refractivity contribution in [2.75, 3.05) is 44.7 Å². The number of aromatic nitrogens is 1. The lowest BCUT2D eigenvalue weighted by Crippen LogP contribution is -2.52. The highest BCUT2D eigenvalue weighted by Crippen LogP contribution is 2.28. The highest BCUT2D eigenvalue weighted by atomic mass is 16.5. The van der Waals surface area contributed by atoms with E-state index in [0.717, 1.165) is 27.9 Å². The van der Waals surface area contributed by atoms with Gasteiger partial charge in [-0.1, -0.05) is 30.3 Å². The molecule has 1 fully saturated rings. The van der Waals surface area contributed by atoms with Crippen molar-refractivity contribution in [1.82, 2.24) is 15.2 Å². The molecule has 7 heteroatoms. The van der Waals surface area contributed by atoms with Gasteiger partial charge < -0.3 is 24.8 Å². The number of aromatic amines is 1. The van der Waals surface area contributed by atoms with Gasteiger partial charge in [0, 0.05) is 49.8 Å². The van der Waals surface area contributed by atoms with Crippen LogP contribution in [0.3, 0.4) is 0 Å². The van der Waals surface area contributed by atoms with Gasteiger partial charge in [-0.15, -0.1) is 0 Å². The van der Waals surface area contributed by atoms with Gasteiger partial charge in [0.05, 0.1) is 12.8 Å². The molecular weight excluding hydrogens is 380 g/mol. The number of anilines is 1. The Morgan fingerprint density at radius 2 is 1.77 bits per heavy atom.